The number of hydrogen-bond acceptors (Lipinski definition) is 1. The SMILES string of the molecule is CC.CN1CCC(c2ccc(P)cc2)CC1. The third-order valence-electron chi connectivity index (χ3n) is 3.13. The summed E-state index contributed by atoms with van der Waals surface area (Å²) < 4.78 is 0. The Bertz CT molecular complexity index is 286. The molecule has 0 spiro atoms. The number of likely N-dealkylation sites (tertiary alicyclic amines) is 1. The van der Waals surface area contributed by atoms with Gasteiger partial charge in [-0.05, 0) is 49.8 Å². The van der Waals surface area contributed by atoms with E-state index < -0.39 is 0 Å². The molecule has 1 nitrogen and oxygen atoms in total. The van der Waals surface area contributed by atoms with Gasteiger partial charge in [0.25, 0.3) is 0 Å². The lowest BCUT2D eigenvalue weighted by Gasteiger charge is -2.29. The van der Waals surface area contributed by atoms with E-state index in [2.05, 4.69) is 45.5 Å². The number of hydrogen-bond donors (Lipinski definition) is 0. The van der Waals surface area contributed by atoms with Crippen LogP contribution in [0.15, 0.2) is 24.3 Å². The molecular formula is C14H24NP. The first kappa shape index (κ1) is 13.7. The predicted molar refractivity (Wildman–Crippen MR) is 76.6 cm³/mol. The molecule has 0 saturated carbocycles. The molecule has 0 aliphatic carbocycles. The van der Waals surface area contributed by atoms with Gasteiger partial charge in [0.2, 0.25) is 0 Å². The molecule has 1 unspecified atom stereocenters. The van der Waals surface area contributed by atoms with Crippen LogP contribution in [-0.2, 0) is 0 Å². The van der Waals surface area contributed by atoms with Crippen LogP contribution in [0.3, 0.4) is 0 Å². The molecule has 1 heterocycles. The second-order valence-electron chi connectivity index (χ2n) is 4.24. The number of rotatable bonds is 1. The minimum absolute atomic E-state index is 0.789. The average molecular weight is 237 g/mol. The molecule has 1 atom stereocenters. The van der Waals surface area contributed by atoms with Crippen molar-refractivity contribution in [3.63, 3.8) is 0 Å². The van der Waals surface area contributed by atoms with Crippen LogP contribution in [0.4, 0.5) is 0 Å². The van der Waals surface area contributed by atoms with E-state index in [9.17, 15) is 0 Å². The zero-order valence-corrected chi connectivity index (χ0v) is 11.9. The second-order valence-corrected chi connectivity index (χ2v) is 4.91. The highest BCUT2D eigenvalue weighted by molar-refractivity contribution is 7.27. The largest absolute Gasteiger partial charge is 0.306 e. The average Bonchev–Trinajstić information content (AvgIpc) is 2.34. The van der Waals surface area contributed by atoms with Crippen molar-refractivity contribution in [2.24, 2.45) is 0 Å². The van der Waals surface area contributed by atoms with Gasteiger partial charge in [0.1, 0.15) is 0 Å². The Balaban J connectivity index is 0.000000606. The van der Waals surface area contributed by atoms with Crippen molar-refractivity contribution in [2.45, 2.75) is 32.6 Å². The summed E-state index contributed by atoms with van der Waals surface area (Å²) in [6.07, 6.45) is 2.62. The summed E-state index contributed by atoms with van der Waals surface area (Å²) in [5.74, 6) is 0.789. The molecule has 1 aromatic rings. The molecule has 16 heavy (non-hydrogen) atoms. The summed E-state index contributed by atoms with van der Waals surface area (Å²) in [5.41, 5.74) is 1.52. The first-order chi connectivity index (χ1) is 7.75. The molecule has 0 radical (unpaired) electrons. The van der Waals surface area contributed by atoms with Crippen LogP contribution in [0, 0.1) is 0 Å². The fraction of sp³-hybridized carbons (Fsp3) is 0.571. The van der Waals surface area contributed by atoms with Gasteiger partial charge >= 0.3 is 0 Å². The van der Waals surface area contributed by atoms with Crippen LogP contribution >= 0.6 is 9.24 Å². The Labute approximate surface area is 102 Å². The molecule has 1 aromatic carbocycles. The summed E-state index contributed by atoms with van der Waals surface area (Å²) >= 11 is 0. The van der Waals surface area contributed by atoms with E-state index in [0.717, 1.165) is 5.92 Å². The number of piperidine rings is 1. The fourth-order valence-corrected chi connectivity index (χ4v) is 2.30. The molecule has 1 aliphatic heterocycles. The highest BCUT2D eigenvalue weighted by Crippen LogP contribution is 2.26. The van der Waals surface area contributed by atoms with Gasteiger partial charge in [0, 0.05) is 0 Å². The molecular weight excluding hydrogens is 213 g/mol. The van der Waals surface area contributed by atoms with Gasteiger partial charge in [-0.1, -0.05) is 38.1 Å². The fourth-order valence-electron chi connectivity index (χ4n) is 2.11. The van der Waals surface area contributed by atoms with Gasteiger partial charge in [0.05, 0.1) is 0 Å². The van der Waals surface area contributed by atoms with Crippen molar-refractivity contribution in [3.05, 3.63) is 29.8 Å². The third-order valence-corrected chi connectivity index (χ3v) is 3.51. The van der Waals surface area contributed by atoms with Crippen molar-refractivity contribution in [1.82, 2.24) is 4.90 Å². The Kier molecular flexibility index (Phi) is 6.01. The van der Waals surface area contributed by atoms with Crippen LogP contribution in [0.5, 0.6) is 0 Å². The minimum atomic E-state index is 0.789. The molecule has 2 heteroatoms. The summed E-state index contributed by atoms with van der Waals surface area (Å²) in [5, 5.41) is 1.28. The lowest BCUT2D eigenvalue weighted by atomic mass is 9.90. The Morgan fingerprint density at radius 2 is 1.56 bits per heavy atom. The first-order valence-electron chi connectivity index (χ1n) is 6.29. The molecule has 1 fully saturated rings. The molecule has 0 aromatic heterocycles. The van der Waals surface area contributed by atoms with E-state index in [-0.39, 0.29) is 0 Å². The Morgan fingerprint density at radius 1 is 1.06 bits per heavy atom. The maximum atomic E-state index is 2.74. The summed E-state index contributed by atoms with van der Waals surface area (Å²) in [6.45, 7) is 6.49. The van der Waals surface area contributed by atoms with Crippen molar-refractivity contribution >= 4 is 14.5 Å². The quantitative estimate of drug-likeness (QED) is 0.679. The Morgan fingerprint density at radius 3 is 2.06 bits per heavy atom. The van der Waals surface area contributed by atoms with Gasteiger partial charge in [-0.2, -0.15) is 0 Å². The standard InChI is InChI=1S/C12H18NP.C2H6/c1-13-8-6-11(7-9-13)10-2-4-12(14)5-3-10;1-2/h2-5,11H,6-9,14H2,1H3;1-2H3. The van der Waals surface area contributed by atoms with E-state index in [1.165, 1.54) is 36.8 Å². The van der Waals surface area contributed by atoms with Crippen LogP contribution in [0.2, 0.25) is 0 Å². The highest BCUT2D eigenvalue weighted by atomic mass is 31.0. The van der Waals surface area contributed by atoms with E-state index >= 15 is 0 Å². The van der Waals surface area contributed by atoms with E-state index in [1.807, 2.05) is 13.8 Å². The highest BCUT2D eigenvalue weighted by Gasteiger charge is 2.17. The zero-order chi connectivity index (χ0) is 12.0. The maximum absolute atomic E-state index is 2.74. The van der Waals surface area contributed by atoms with Crippen molar-refractivity contribution in [3.8, 4) is 0 Å². The van der Waals surface area contributed by atoms with Crippen LogP contribution in [-0.4, -0.2) is 25.0 Å². The maximum Gasteiger partial charge on any atom is -0.00159 e. The summed E-state index contributed by atoms with van der Waals surface area (Å²) in [7, 11) is 4.95. The van der Waals surface area contributed by atoms with Gasteiger partial charge in [-0.25, -0.2) is 0 Å². The van der Waals surface area contributed by atoms with Crippen LogP contribution in [0.25, 0.3) is 0 Å². The van der Waals surface area contributed by atoms with E-state index in [0.29, 0.717) is 0 Å². The topological polar surface area (TPSA) is 3.24 Å². The monoisotopic (exact) mass is 237 g/mol. The zero-order valence-electron chi connectivity index (χ0n) is 10.7. The number of benzene rings is 1. The van der Waals surface area contributed by atoms with E-state index in [4.69, 9.17) is 0 Å². The van der Waals surface area contributed by atoms with Crippen molar-refractivity contribution in [1.29, 1.82) is 0 Å². The minimum Gasteiger partial charge on any atom is -0.306 e. The van der Waals surface area contributed by atoms with Gasteiger partial charge in [-0.3, -0.25) is 0 Å². The van der Waals surface area contributed by atoms with Crippen molar-refractivity contribution < 1.29 is 0 Å². The second kappa shape index (κ2) is 7.04. The first-order valence-corrected chi connectivity index (χ1v) is 6.87. The normalized spacial score (nSPS) is 17.8. The molecule has 1 saturated heterocycles. The van der Waals surface area contributed by atoms with Gasteiger partial charge in [-0.15, -0.1) is 9.24 Å². The van der Waals surface area contributed by atoms with Crippen LogP contribution in [0.1, 0.15) is 38.2 Å². The molecule has 2 rings (SSSR count). The van der Waals surface area contributed by atoms with E-state index in [1.54, 1.807) is 0 Å². The van der Waals surface area contributed by atoms with Crippen molar-refractivity contribution in [2.75, 3.05) is 20.1 Å². The molecule has 1 aliphatic rings. The molecule has 0 amide bonds. The predicted octanol–water partition coefficient (Wildman–Crippen LogP) is 3.02. The molecule has 0 bridgehead atoms. The summed E-state index contributed by atoms with van der Waals surface area (Å²) in [4.78, 5) is 2.42. The van der Waals surface area contributed by atoms with Gasteiger partial charge < -0.3 is 4.90 Å². The Hall–Kier alpha value is -0.390. The summed E-state index contributed by atoms with van der Waals surface area (Å²) in [6, 6.07) is 8.94. The third kappa shape index (κ3) is 3.88. The molecule has 0 N–H and O–H groups in total. The number of nitrogens with zero attached hydrogens (tertiary/aromatic N) is 1. The lowest BCUT2D eigenvalue weighted by molar-refractivity contribution is 0.255. The lowest BCUT2D eigenvalue weighted by Crippen LogP contribution is -2.29. The smallest absolute Gasteiger partial charge is 0.00159 e. The molecule has 90 valence electrons. The van der Waals surface area contributed by atoms with Crippen LogP contribution < -0.4 is 5.30 Å². The van der Waals surface area contributed by atoms with Gasteiger partial charge in [0.15, 0.2) is 0 Å².